The first kappa shape index (κ1) is 18.4. The lowest BCUT2D eigenvalue weighted by Gasteiger charge is -2.25. The van der Waals surface area contributed by atoms with Gasteiger partial charge in [0.05, 0.1) is 12.5 Å². The Kier molecular flexibility index (Phi) is 4.98. The molecule has 0 amide bonds. The second-order valence-electron chi connectivity index (χ2n) is 6.86. The van der Waals surface area contributed by atoms with E-state index in [-0.39, 0.29) is 0 Å². The van der Waals surface area contributed by atoms with Crippen LogP contribution < -0.4 is 4.74 Å². The summed E-state index contributed by atoms with van der Waals surface area (Å²) in [5, 5.41) is 1.16. The summed E-state index contributed by atoms with van der Waals surface area (Å²) in [7, 11) is 1.68. The lowest BCUT2D eigenvalue weighted by Crippen LogP contribution is -2.21. The summed E-state index contributed by atoms with van der Waals surface area (Å²) in [6.45, 7) is 2.17. The number of benzene rings is 3. The van der Waals surface area contributed by atoms with Crippen molar-refractivity contribution in [2.45, 2.75) is 12.3 Å². The molecule has 0 aliphatic carbocycles. The Hall–Kier alpha value is -2.96. The fourth-order valence-corrected chi connectivity index (χ4v) is 3.81. The molecule has 4 rings (SSSR count). The summed E-state index contributed by atoms with van der Waals surface area (Å²) in [6.07, 6.45) is 2.07. The molecule has 2 nitrogen and oxygen atoms in total. The van der Waals surface area contributed by atoms with E-state index in [1.54, 1.807) is 7.11 Å². The Morgan fingerprint density at radius 3 is 2.43 bits per heavy atom. The lowest BCUT2D eigenvalue weighted by atomic mass is 9.76. The van der Waals surface area contributed by atoms with Crippen LogP contribution in [0.4, 0.5) is 0 Å². The van der Waals surface area contributed by atoms with E-state index in [9.17, 15) is 0 Å². The summed E-state index contributed by atoms with van der Waals surface area (Å²) >= 11 is 3.60. The zero-order chi connectivity index (χ0) is 19.6. The summed E-state index contributed by atoms with van der Waals surface area (Å²) in [5.41, 5.74) is 3.89. The summed E-state index contributed by atoms with van der Waals surface area (Å²) in [5.74, 6) is 7.76. The molecule has 1 unspecified atom stereocenters. The predicted molar refractivity (Wildman–Crippen MR) is 119 cm³/mol. The molecule has 28 heavy (non-hydrogen) atoms. The Bertz CT molecular complexity index is 1170. The Morgan fingerprint density at radius 1 is 0.964 bits per heavy atom. The first-order valence-electron chi connectivity index (χ1n) is 9.10. The lowest BCUT2D eigenvalue weighted by molar-refractivity contribution is 0.414. The highest BCUT2D eigenvalue weighted by atomic mass is 79.9. The van der Waals surface area contributed by atoms with E-state index in [2.05, 4.69) is 70.1 Å². The Morgan fingerprint density at radius 2 is 1.71 bits per heavy atom. The van der Waals surface area contributed by atoms with E-state index in [0.717, 1.165) is 37.8 Å². The number of fused-ring (bicyclic) bond motifs is 1. The summed E-state index contributed by atoms with van der Waals surface area (Å²) in [6, 6.07) is 24.5. The van der Waals surface area contributed by atoms with Crippen LogP contribution in [0.25, 0.3) is 10.9 Å². The van der Waals surface area contributed by atoms with Crippen LogP contribution in [-0.2, 0) is 5.41 Å². The third-order valence-electron chi connectivity index (χ3n) is 5.08. The molecule has 3 aromatic carbocycles. The maximum absolute atomic E-state index is 5.34. The van der Waals surface area contributed by atoms with Crippen LogP contribution >= 0.6 is 15.9 Å². The average molecular weight is 430 g/mol. The normalized spacial score (nSPS) is 12.8. The van der Waals surface area contributed by atoms with E-state index in [0.29, 0.717) is 0 Å². The number of rotatable bonds is 3. The molecule has 0 saturated carbocycles. The SMILES string of the molecule is COc1ccc(C(C)(C#Cc2ccccc2)c2c[nH]c3ccc(Br)cc23)cc1. The number of aromatic nitrogens is 1. The summed E-state index contributed by atoms with van der Waals surface area (Å²) < 4.78 is 6.39. The van der Waals surface area contributed by atoms with Crippen LogP contribution in [-0.4, -0.2) is 12.1 Å². The Balaban J connectivity index is 1.92. The number of methoxy groups -OCH3 is 1. The third-order valence-corrected chi connectivity index (χ3v) is 5.57. The molecule has 1 aromatic heterocycles. The monoisotopic (exact) mass is 429 g/mol. The molecule has 0 saturated heterocycles. The number of hydrogen-bond donors (Lipinski definition) is 1. The van der Waals surface area contributed by atoms with E-state index in [1.807, 2.05) is 48.5 Å². The van der Waals surface area contributed by atoms with Crippen molar-refractivity contribution in [3.63, 3.8) is 0 Å². The first-order chi connectivity index (χ1) is 13.6. The van der Waals surface area contributed by atoms with Gasteiger partial charge in [0.15, 0.2) is 0 Å². The van der Waals surface area contributed by atoms with Gasteiger partial charge < -0.3 is 9.72 Å². The second kappa shape index (κ2) is 7.58. The minimum absolute atomic E-state index is 0.485. The number of nitrogens with one attached hydrogen (secondary N) is 1. The van der Waals surface area contributed by atoms with Gasteiger partial charge in [0.25, 0.3) is 0 Å². The van der Waals surface area contributed by atoms with Gasteiger partial charge in [-0.1, -0.05) is 58.1 Å². The first-order valence-corrected chi connectivity index (χ1v) is 9.89. The fraction of sp³-hybridized carbons (Fsp3) is 0.120. The molecule has 1 atom stereocenters. The van der Waals surface area contributed by atoms with Crippen molar-refractivity contribution in [1.29, 1.82) is 0 Å². The van der Waals surface area contributed by atoms with Crippen LogP contribution in [0.15, 0.2) is 83.5 Å². The zero-order valence-electron chi connectivity index (χ0n) is 15.8. The highest BCUT2D eigenvalue weighted by Crippen LogP contribution is 2.37. The van der Waals surface area contributed by atoms with Crippen molar-refractivity contribution < 1.29 is 4.74 Å². The van der Waals surface area contributed by atoms with Gasteiger partial charge >= 0.3 is 0 Å². The topological polar surface area (TPSA) is 25.0 Å². The molecule has 138 valence electrons. The van der Waals surface area contributed by atoms with Crippen molar-refractivity contribution in [3.8, 4) is 17.6 Å². The molecule has 3 heteroatoms. The van der Waals surface area contributed by atoms with Gasteiger partial charge in [-0.2, -0.15) is 0 Å². The quantitative estimate of drug-likeness (QED) is 0.380. The van der Waals surface area contributed by atoms with Crippen molar-refractivity contribution in [2.24, 2.45) is 0 Å². The van der Waals surface area contributed by atoms with Crippen LogP contribution in [0.2, 0.25) is 0 Å². The minimum Gasteiger partial charge on any atom is -0.497 e. The van der Waals surface area contributed by atoms with Crippen molar-refractivity contribution in [1.82, 2.24) is 4.98 Å². The van der Waals surface area contributed by atoms with Crippen molar-refractivity contribution in [2.75, 3.05) is 7.11 Å². The van der Waals surface area contributed by atoms with Gasteiger partial charge in [0.2, 0.25) is 0 Å². The van der Waals surface area contributed by atoms with E-state index >= 15 is 0 Å². The van der Waals surface area contributed by atoms with E-state index < -0.39 is 5.41 Å². The molecular weight excluding hydrogens is 410 g/mol. The molecule has 4 aromatic rings. The van der Waals surface area contributed by atoms with Gasteiger partial charge in [0, 0.05) is 27.1 Å². The minimum atomic E-state index is -0.485. The van der Waals surface area contributed by atoms with Crippen LogP contribution in [0.3, 0.4) is 0 Å². The maximum atomic E-state index is 5.34. The van der Waals surface area contributed by atoms with Crippen LogP contribution in [0, 0.1) is 11.8 Å². The number of hydrogen-bond acceptors (Lipinski definition) is 1. The van der Waals surface area contributed by atoms with Gasteiger partial charge in [-0.3, -0.25) is 0 Å². The molecule has 1 heterocycles. The fourth-order valence-electron chi connectivity index (χ4n) is 3.44. The number of aromatic amines is 1. The molecular formula is C25H20BrNO. The second-order valence-corrected chi connectivity index (χ2v) is 7.78. The van der Waals surface area contributed by atoms with Crippen LogP contribution in [0.5, 0.6) is 5.75 Å². The predicted octanol–water partition coefficient (Wildman–Crippen LogP) is 6.30. The zero-order valence-corrected chi connectivity index (χ0v) is 17.4. The van der Waals surface area contributed by atoms with Gasteiger partial charge in [-0.05, 0) is 60.5 Å². The van der Waals surface area contributed by atoms with Crippen molar-refractivity contribution >= 4 is 26.8 Å². The largest absolute Gasteiger partial charge is 0.497 e. The molecule has 0 aliphatic heterocycles. The third kappa shape index (κ3) is 3.44. The molecule has 0 aliphatic rings. The van der Waals surface area contributed by atoms with Gasteiger partial charge in [-0.25, -0.2) is 0 Å². The average Bonchev–Trinajstić information content (AvgIpc) is 3.16. The highest BCUT2D eigenvalue weighted by Gasteiger charge is 2.30. The standard InChI is InChI=1S/C25H20BrNO/c1-25(15-14-18-6-4-3-5-7-18,19-8-11-21(28-2)12-9-19)23-17-27-24-13-10-20(26)16-22(23)24/h3-13,16-17,27H,1-2H3. The molecule has 0 fully saturated rings. The number of ether oxygens (including phenoxy) is 1. The maximum Gasteiger partial charge on any atom is 0.118 e. The smallest absolute Gasteiger partial charge is 0.118 e. The summed E-state index contributed by atoms with van der Waals surface area (Å²) in [4.78, 5) is 3.40. The van der Waals surface area contributed by atoms with Crippen molar-refractivity contribution in [3.05, 3.63) is 100 Å². The highest BCUT2D eigenvalue weighted by molar-refractivity contribution is 9.10. The number of H-pyrrole nitrogens is 1. The molecule has 0 bridgehead atoms. The number of halogens is 1. The van der Waals surface area contributed by atoms with Gasteiger partial charge in [-0.15, -0.1) is 0 Å². The van der Waals surface area contributed by atoms with E-state index in [1.165, 1.54) is 0 Å². The molecule has 0 spiro atoms. The van der Waals surface area contributed by atoms with Crippen LogP contribution in [0.1, 0.15) is 23.6 Å². The van der Waals surface area contributed by atoms with Gasteiger partial charge in [0.1, 0.15) is 5.75 Å². The Labute approximate surface area is 173 Å². The molecule has 0 radical (unpaired) electrons. The molecule has 1 N–H and O–H groups in total. The van der Waals surface area contributed by atoms with E-state index in [4.69, 9.17) is 4.74 Å².